The molecule has 8 heteroatoms. The van der Waals surface area contributed by atoms with Crippen molar-refractivity contribution in [1.82, 2.24) is 9.55 Å². The number of carbonyl (C=O) groups excluding carboxylic acids is 2. The van der Waals surface area contributed by atoms with Crippen LogP contribution in [0.2, 0.25) is 0 Å². The first-order valence-corrected chi connectivity index (χ1v) is 9.92. The predicted octanol–water partition coefficient (Wildman–Crippen LogP) is 3.69. The lowest BCUT2D eigenvalue weighted by atomic mass is 10.1. The van der Waals surface area contributed by atoms with Crippen molar-refractivity contribution in [3.63, 3.8) is 0 Å². The maximum atomic E-state index is 12.6. The van der Waals surface area contributed by atoms with Gasteiger partial charge in [0.2, 0.25) is 12.6 Å². The molecular formula is C21H20N2O5S. The maximum Gasteiger partial charge on any atom is 0.350 e. The van der Waals surface area contributed by atoms with Gasteiger partial charge in [-0.15, -0.1) is 11.3 Å². The zero-order valence-electron chi connectivity index (χ0n) is 16.4. The number of hydrogen-bond acceptors (Lipinski definition) is 7. The lowest BCUT2D eigenvalue weighted by Crippen LogP contribution is -2.14. The van der Waals surface area contributed by atoms with Gasteiger partial charge in [0.1, 0.15) is 4.88 Å². The fourth-order valence-corrected chi connectivity index (χ4v) is 3.96. The van der Waals surface area contributed by atoms with Crippen LogP contribution in [0.5, 0.6) is 11.5 Å². The number of carbonyl (C=O) groups is 2. The Morgan fingerprint density at radius 3 is 2.72 bits per heavy atom. The number of ether oxygens (including phenoxy) is 3. The molecule has 7 nitrogen and oxygen atoms in total. The number of aryl methyl sites for hydroxylation is 2. The maximum absolute atomic E-state index is 12.6. The van der Waals surface area contributed by atoms with Crippen molar-refractivity contribution in [3.8, 4) is 11.5 Å². The van der Waals surface area contributed by atoms with Crippen LogP contribution in [0.1, 0.15) is 42.0 Å². The summed E-state index contributed by atoms with van der Waals surface area (Å²) in [6.45, 7) is 6.18. The average molecular weight is 412 g/mol. The molecule has 1 aliphatic rings. The highest BCUT2D eigenvalue weighted by molar-refractivity contribution is 7.13. The largest absolute Gasteiger partial charge is 0.454 e. The highest BCUT2D eigenvalue weighted by Gasteiger charge is 2.20. The molecule has 1 aliphatic heterocycles. The van der Waals surface area contributed by atoms with E-state index in [9.17, 15) is 9.59 Å². The summed E-state index contributed by atoms with van der Waals surface area (Å²) in [6.07, 6.45) is 1.46. The summed E-state index contributed by atoms with van der Waals surface area (Å²) < 4.78 is 18.0. The van der Waals surface area contributed by atoms with Crippen LogP contribution < -0.4 is 9.47 Å². The molecule has 0 saturated heterocycles. The van der Waals surface area contributed by atoms with E-state index in [1.165, 1.54) is 17.5 Å². The molecule has 3 heterocycles. The fraction of sp³-hybridized carbons (Fsp3) is 0.286. The molecule has 0 saturated carbocycles. The number of aromatic nitrogens is 2. The zero-order chi connectivity index (χ0) is 20.5. The summed E-state index contributed by atoms with van der Waals surface area (Å²) in [7, 11) is 0. The molecule has 0 N–H and O–H groups in total. The minimum atomic E-state index is -0.530. The Morgan fingerprint density at radius 2 is 1.97 bits per heavy atom. The first kappa shape index (κ1) is 19.2. The van der Waals surface area contributed by atoms with Gasteiger partial charge in [0.15, 0.2) is 18.1 Å². The third-order valence-corrected chi connectivity index (χ3v) is 5.70. The standard InChI is InChI=1S/C21H20N2O5S/c1-12-6-16(17(24)10-26-21(25)20-8-22-14(3)29-20)13(2)23(12)9-15-4-5-18-19(7-15)28-11-27-18/h4-8H,9-11H2,1-3H3. The van der Waals surface area contributed by atoms with Crippen molar-refractivity contribution in [1.29, 1.82) is 0 Å². The van der Waals surface area contributed by atoms with E-state index in [4.69, 9.17) is 14.2 Å². The summed E-state index contributed by atoms with van der Waals surface area (Å²) in [6, 6.07) is 7.64. The number of Topliss-reactive ketones (excluding diaryl/α,β-unsaturated/α-hetero) is 1. The Balaban J connectivity index is 1.46. The molecule has 4 rings (SSSR count). The molecular weight excluding hydrogens is 392 g/mol. The van der Waals surface area contributed by atoms with Crippen LogP contribution >= 0.6 is 11.3 Å². The molecule has 0 radical (unpaired) electrons. The number of benzene rings is 1. The number of esters is 1. The van der Waals surface area contributed by atoms with Crippen molar-refractivity contribution < 1.29 is 23.8 Å². The van der Waals surface area contributed by atoms with Gasteiger partial charge in [-0.05, 0) is 44.5 Å². The van der Waals surface area contributed by atoms with Crippen LogP contribution in [0.3, 0.4) is 0 Å². The van der Waals surface area contributed by atoms with Gasteiger partial charge in [-0.25, -0.2) is 9.78 Å². The number of nitrogens with zero attached hydrogens (tertiary/aromatic N) is 2. The minimum Gasteiger partial charge on any atom is -0.454 e. The lowest BCUT2D eigenvalue weighted by Gasteiger charge is -2.11. The third-order valence-electron chi connectivity index (χ3n) is 4.81. The number of ketones is 1. The van der Waals surface area contributed by atoms with Crippen LogP contribution in [0.4, 0.5) is 0 Å². The Bertz CT molecular complexity index is 1100. The van der Waals surface area contributed by atoms with E-state index in [2.05, 4.69) is 9.55 Å². The van der Waals surface area contributed by atoms with Crippen molar-refractivity contribution in [3.05, 3.63) is 62.9 Å². The third kappa shape index (κ3) is 3.88. The molecule has 0 bridgehead atoms. The zero-order valence-corrected chi connectivity index (χ0v) is 17.2. The molecule has 0 atom stereocenters. The summed E-state index contributed by atoms with van der Waals surface area (Å²) in [5.74, 6) is 0.706. The van der Waals surface area contributed by atoms with Gasteiger partial charge in [0.25, 0.3) is 0 Å². The molecule has 0 spiro atoms. The van der Waals surface area contributed by atoms with Crippen molar-refractivity contribution in [2.75, 3.05) is 13.4 Å². The molecule has 0 fully saturated rings. The Kier molecular flexibility index (Phi) is 5.10. The van der Waals surface area contributed by atoms with E-state index in [1.54, 1.807) is 0 Å². The SMILES string of the molecule is Cc1ncc(C(=O)OCC(=O)c2cc(C)n(Cc3ccc4c(c3)OCO4)c2C)s1. The van der Waals surface area contributed by atoms with Gasteiger partial charge < -0.3 is 18.8 Å². The topological polar surface area (TPSA) is 79.7 Å². The van der Waals surface area contributed by atoms with Crippen molar-refractivity contribution in [2.24, 2.45) is 0 Å². The first-order valence-electron chi connectivity index (χ1n) is 9.10. The molecule has 0 aliphatic carbocycles. The minimum absolute atomic E-state index is 0.232. The summed E-state index contributed by atoms with van der Waals surface area (Å²) in [5.41, 5.74) is 3.38. The van der Waals surface area contributed by atoms with E-state index >= 15 is 0 Å². The fourth-order valence-electron chi connectivity index (χ4n) is 3.28. The monoisotopic (exact) mass is 412 g/mol. The number of thiazole rings is 1. The normalized spacial score (nSPS) is 12.2. The molecule has 0 unspecified atom stereocenters. The number of hydrogen-bond donors (Lipinski definition) is 0. The van der Waals surface area contributed by atoms with Crippen LogP contribution in [0.25, 0.3) is 0 Å². The van der Waals surface area contributed by atoms with E-state index < -0.39 is 5.97 Å². The van der Waals surface area contributed by atoms with Crippen LogP contribution in [-0.2, 0) is 11.3 Å². The van der Waals surface area contributed by atoms with Gasteiger partial charge in [-0.2, -0.15) is 0 Å². The second-order valence-corrected chi connectivity index (χ2v) is 8.04. The Hall–Kier alpha value is -3.13. The van der Waals surface area contributed by atoms with Crippen LogP contribution in [0, 0.1) is 20.8 Å². The average Bonchev–Trinajstić information content (AvgIpc) is 3.41. The number of fused-ring (bicyclic) bond motifs is 1. The van der Waals surface area contributed by atoms with Crippen LogP contribution in [-0.4, -0.2) is 34.7 Å². The molecule has 150 valence electrons. The Labute approximate surface area is 171 Å². The van der Waals surface area contributed by atoms with Gasteiger partial charge in [0.05, 0.1) is 11.2 Å². The smallest absolute Gasteiger partial charge is 0.350 e. The molecule has 1 aromatic carbocycles. The lowest BCUT2D eigenvalue weighted by molar-refractivity contribution is 0.0479. The van der Waals surface area contributed by atoms with Crippen molar-refractivity contribution >= 4 is 23.1 Å². The van der Waals surface area contributed by atoms with Crippen molar-refractivity contribution in [2.45, 2.75) is 27.3 Å². The highest BCUT2D eigenvalue weighted by atomic mass is 32.1. The molecule has 3 aromatic rings. The molecule has 0 amide bonds. The second-order valence-electron chi connectivity index (χ2n) is 6.80. The molecule has 29 heavy (non-hydrogen) atoms. The van der Waals surface area contributed by atoms with E-state index in [-0.39, 0.29) is 19.2 Å². The molecule has 2 aromatic heterocycles. The summed E-state index contributed by atoms with van der Waals surface area (Å²) in [5, 5.41) is 0.773. The first-order chi connectivity index (χ1) is 13.9. The number of rotatable bonds is 6. The summed E-state index contributed by atoms with van der Waals surface area (Å²) in [4.78, 5) is 29.1. The highest BCUT2D eigenvalue weighted by Crippen LogP contribution is 2.33. The van der Waals surface area contributed by atoms with E-state index in [0.717, 1.165) is 33.5 Å². The quantitative estimate of drug-likeness (QED) is 0.454. The summed E-state index contributed by atoms with van der Waals surface area (Å²) >= 11 is 1.24. The van der Waals surface area contributed by atoms with E-state index in [0.29, 0.717) is 17.0 Å². The second kappa shape index (κ2) is 7.71. The van der Waals surface area contributed by atoms with Gasteiger partial charge in [0, 0.05) is 23.5 Å². The van der Waals surface area contributed by atoms with Crippen LogP contribution in [0.15, 0.2) is 30.5 Å². The predicted molar refractivity (Wildman–Crippen MR) is 107 cm³/mol. The van der Waals surface area contributed by atoms with Gasteiger partial charge in [-0.1, -0.05) is 6.07 Å². The van der Waals surface area contributed by atoms with Gasteiger partial charge in [-0.3, -0.25) is 4.79 Å². The van der Waals surface area contributed by atoms with Gasteiger partial charge >= 0.3 is 5.97 Å². The Morgan fingerprint density at radius 1 is 1.17 bits per heavy atom. The van der Waals surface area contributed by atoms with E-state index in [1.807, 2.05) is 45.0 Å².